The van der Waals surface area contributed by atoms with E-state index in [1.807, 2.05) is 0 Å². The molecule has 0 fully saturated rings. The van der Waals surface area contributed by atoms with E-state index in [0.717, 1.165) is 135 Å². The third kappa shape index (κ3) is 61.8. The number of rotatable bonds is 54. The van der Waals surface area contributed by atoms with Gasteiger partial charge in [0.15, 0.2) is 6.10 Å². The first-order valence-electron chi connectivity index (χ1n) is 31.0. The minimum absolute atomic E-state index is 0.106. The standard InChI is InChI=1S/C71H112O6/c1-4-7-10-13-16-18-20-22-24-26-27-28-29-30-31-32-33-34-35-36-37-38-39-40-41-42-43-45-46-48-50-52-55-58-61-64-70(73)76-67-68(66-75-69(72)63-60-57-54-15-12-9-6-3)77-71(74)65-62-59-56-53-51-49-47-44-25-23-21-19-17-14-11-8-5-2/h7-8,10-11,16-19,22-25,27-28,30-31,33-34,36-37,39-40,47,49,53,56,68H,4-6,9,12-15,20-21,26,29,32,35,38,41-46,48,50-52,54-55,57-67H2,1-3H3/b10-7-,11-8-,18-16-,19-17-,24-22-,25-23-,28-27-,31-30-,34-33-,37-36-,40-39-,49-47-,56-53-. The normalized spacial score (nSPS) is 13.2. The highest BCUT2D eigenvalue weighted by Crippen LogP contribution is 2.14. The number of allylic oxidation sites excluding steroid dienone is 26. The van der Waals surface area contributed by atoms with Gasteiger partial charge in [0.25, 0.3) is 0 Å². The van der Waals surface area contributed by atoms with Crippen molar-refractivity contribution in [1.29, 1.82) is 0 Å². The summed E-state index contributed by atoms with van der Waals surface area (Å²) < 4.78 is 16.7. The zero-order valence-electron chi connectivity index (χ0n) is 49.4. The summed E-state index contributed by atoms with van der Waals surface area (Å²) in [6.45, 7) is 6.30. The maximum Gasteiger partial charge on any atom is 0.306 e. The van der Waals surface area contributed by atoms with E-state index in [2.05, 4.69) is 179 Å². The third-order valence-electron chi connectivity index (χ3n) is 12.5. The van der Waals surface area contributed by atoms with Crippen molar-refractivity contribution in [3.8, 4) is 0 Å². The summed E-state index contributed by atoms with van der Waals surface area (Å²) in [7, 11) is 0. The molecule has 0 saturated heterocycles. The molecule has 0 aliphatic carbocycles. The number of carbonyl (C=O) groups is 3. The van der Waals surface area contributed by atoms with Gasteiger partial charge in [0.2, 0.25) is 0 Å². The minimum atomic E-state index is -0.812. The second kappa shape index (κ2) is 63.6. The second-order valence-electron chi connectivity index (χ2n) is 19.9. The van der Waals surface area contributed by atoms with Crippen LogP contribution >= 0.6 is 0 Å². The van der Waals surface area contributed by atoms with Crippen LogP contribution in [0.5, 0.6) is 0 Å². The molecule has 0 rings (SSSR count). The Morgan fingerprint density at radius 1 is 0.273 bits per heavy atom. The molecule has 432 valence electrons. The van der Waals surface area contributed by atoms with Gasteiger partial charge in [-0.1, -0.05) is 269 Å². The van der Waals surface area contributed by atoms with Crippen molar-refractivity contribution in [2.24, 2.45) is 0 Å². The van der Waals surface area contributed by atoms with Crippen LogP contribution in [0.4, 0.5) is 0 Å². The molecule has 0 aliphatic heterocycles. The van der Waals surface area contributed by atoms with Gasteiger partial charge in [0.1, 0.15) is 13.2 Å². The topological polar surface area (TPSA) is 78.9 Å². The van der Waals surface area contributed by atoms with Gasteiger partial charge < -0.3 is 14.2 Å². The molecular weight excluding hydrogens is 949 g/mol. The van der Waals surface area contributed by atoms with Crippen molar-refractivity contribution in [2.75, 3.05) is 13.2 Å². The van der Waals surface area contributed by atoms with Gasteiger partial charge in [-0.25, -0.2) is 0 Å². The lowest BCUT2D eigenvalue weighted by Crippen LogP contribution is -2.30. The molecule has 0 aliphatic rings. The molecule has 1 unspecified atom stereocenters. The molecule has 0 saturated carbocycles. The highest BCUT2D eigenvalue weighted by atomic mass is 16.6. The molecule has 6 heteroatoms. The van der Waals surface area contributed by atoms with Crippen molar-refractivity contribution >= 4 is 17.9 Å². The van der Waals surface area contributed by atoms with Gasteiger partial charge in [0, 0.05) is 19.3 Å². The zero-order valence-corrected chi connectivity index (χ0v) is 49.4. The van der Waals surface area contributed by atoms with Crippen molar-refractivity contribution in [1.82, 2.24) is 0 Å². The van der Waals surface area contributed by atoms with Gasteiger partial charge in [-0.15, -0.1) is 0 Å². The lowest BCUT2D eigenvalue weighted by atomic mass is 10.1. The zero-order chi connectivity index (χ0) is 55.7. The molecule has 1 atom stereocenters. The molecule has 0 heterocycles. The van der Waals surface area contributed by atoms with Gasteiger partial charge in [-0.3, -0.25) is 14.4 Å². The number of unbranched alkanes of at least 4 members (excludes halogenated alkanes) is 17. The molecule has 0 radical (unpaired) electrons. The molecular formula is C71H112O6. The summed E-state index contributed by atoms with van der Waals surface area (Å²) in [6, 6.07) is 0. The Morgan fingerprint density at radius 3 is 0.831 bits per heavy atom. The summed E-state index contributed by atoms with van der Waals surface area (Å²) in [5, 5.41) is 0. The quantitative estimate of drug-likeness (QED) is 0.0261. The van der Waals surface area contributed by atoms with Crippen LogP contribution in [0.25, 0.3) is 0 Å². The Kier molecular flexibility index (Phi) is 59.5. The fraction of sp³-hybridized carbons (Fsp3) is 0.592. The maximum atomic E-state index is 12.8. The summed E-state index contributed by atoms with van der Waals surface area (Å²) >= 11 is 0. The summed E-state index contributed by atoms with van der Waals surface area (Å²) in [5.41, 5.74) is 0. The predicted molar refractivity (Wildman–Crippen MR) is 334 cm³/mol. The molecule has 0 spiro atoms. The largest absolute Gasteiger partial charge is 0.462 e. The van der Waals surface area contributed by atoms with Crippen molar-refractivity contribution in [3.05, 3.63) is 158 Å². The molecule has 0 aromatic heterocycles. The van der Waals surface area contributed by atoms with Gasteiger partial charge in [-0.05, 0) is 122 Å². The second-order valence-corrected chi connectivity index (χ2v) is 19.9. The lowest BCUT2D eigenvalue weighted by Gasteiger charge is -2.18. The van der Waals surface area contributed by atoms with Gasteiger partial charge in [-0.2, -0.15) is 0 Å². The van der Waals surface area contributed by atoms with E-state index >= 15 is 0 Å². The molecule has 0 aromatic rings. The molecule has 77 heavy (non-hydrogen) atoms. The van der Waals surface area contributed by atoms with E-state index in [0.29, 0.717) is 19.3 Å². The molecule has 6 nitrogen and oxygen atoms in total. The van der Waals surface area contributed by atoms with E-state index < -0.39 is 6.10 Å². The van der Waals surface area contributed by atoms with Crippen LogP contribution in [0, 0.1) is 0 Å². The van der Waals surface area contributed by atoms with E-state index in [9.17, 15) is 14.4 Å². The summed E-state index contributed by atoms with van der Waals surface area (Å²) in [6.07, 6.45) is 92.8. The van der Waals surface area contributed by atoms with E-state index in [4.69, 9.17) is 14.2 Å². The first-order chi connectivity index (χ1) is 38.0. The van der Waals surface area contributed by atoms with Crippen molar-refractivity contribution < 1.29 is 28.6 Å². The van der Waals surface area contributed by atoms with Gasteiger partial charge >= 0.3 is 17.9 Å². The Labute approximate surface area is 473 Å². The number of hydrogen-bond donors (Lipinski definition) is 0. The van der Waals surface area contributed by atoms with E-state index in [1.165, 1.54) is 70.6 Å². The number of hydrogen-bond acceptors (Lipinski definition) is 6. The minimum Gasteiger partial charge on any atom is -0.462 e. The van der Waals surface area contributed by atoms with E-state index in [-0.39, 0.29) is 37.5 Å². The predicted octanol–water partition coefficient (Wildman–Crippen LogP) is 21.3. The number of esters is 3. The average Bonchev–Trinajstić information content (AvgIpc) is 3.43. The van der Waals surface area contributed by atoms with Crippen molar-refractivity contribution in [3.63, 3.8) is 0 Å². The van der Waals surface area contributed by atoms with Crippen LogP contribution in [0.15, 0.2) is 158 Å². The van der Waals surface area contributed by atoms with Crippen LogP contribution in [0.1, 0.15) is 252 Å². The maximum absolute atomic E-state index is 12.8. The third-order valence-corrected chi connectivity index (χ3v) is 12.5. The van der Waals surface area contributed by atoms with Gasteiger partial charge in [0.05, 0.1) is 0 Å². The lowest BCUT2D eigenvalue weighted by molar-refractivity contribution is -0.167. The Morgan fingerprint density at radius 2 is 0.519 bits per heavy atom. The molecule has 0 N–H and O–H groups in total. The van der Waals surface area contributed by atoms with Crippen LogP contribution in [0.3, 0.4) is 0 Å². The molecule has 0 aromatic carbocycles. The fourth-order valence-electron chi connectivity index (χ4n) is 7.96. The SMILES string of the molecule is CC/C=C\C/C=C\C/C=C\C/C=C\C/C=C\C/C=C\C/C=C\C/C=C\CCCCCCCCCCCCC(=O)OCC(COC(=O)CCCCCCCCC)OC(=O)CCC/C=C\C/C=C\C/C=C\C/C=C\C/C=C\CC. The summed E-state index contributed by atoms with van der Waals surface area (Å²) in [5.74, 6) is -0.982. The number of ether oxygens (including phenoxy) is 3. The van der Waals surface area contributed by atoms with Crippen LogP contribution in [0.2, 0.25) is 0 Å². The molecule has 0 bridgehead atoms. The summed E-state index contributed by atoms with van der Waals surface area (Å²) in [4.78, 5) is 38.0. The Hall–Kier alpha value is -4.97. The highest BCUT2D eigenvalue weighted by Gasteiger charge is 2.19. The van der Waals surface area contributed by atoms with E-state index in [1.54, 1.807) is 0 Å². The fourth-order valence-corrected chi connectivity index (χ4v) is 7.96. The van der Waals surface area contributed by atoms with Crippen LogP contribution < -0.4 is 0 Å². The average molecular weight is 1060 g/mol. The van der Waals surface area contributed by atoms with Crippen LogP contribution in [-0.2, 0) is 28.6 Å². The monoisotopic (exact) mass is 1060 g/mol. The van der Waals surface area contributed by atoms with Crippen LogP contribution in [-0.4, -0.2) is 37.2 Å². The Balaban J connectivity index is 4.17. The first kappa shape index (κ1) is 72.0. The molecule has 0 amide bonds. The highest BCUT2D eigenvalue weighted by molar-refractivity contribution is 5.71. The smallest absolute Gasteiger partial charge is 0.306 e. The van der Waals surface area contributed by atoms with Crippen molar-refractivity contribution in [2.45, 2.75) is 258 Å². The Bertz CT molecular complexity index is 1740. The first-order valence-corrected chi connectivity index (χ1v) is 31.0. The number of carbonyl (C=O) groups excluding carboxylic acids is 3.